The molecule has 0 bridgehead atoms. The van der Waals surface area contributed by atoms with E-state index in [1.807, 2.05) is 25.1 Å². The second kappa shape index (κ2) is 7.93. The maximum Gasteiger partial charge on any atom is 0.282 e. The summed E-state index contributed by atoms with van der Waals surface area (Å²) < 4.78 is 14.5. The summed E-state index contributed by atoms with van der Waals surface area (Å²) in [6.45, 7) is 3.57. The lowest BCUT2D eigenvalue weighted by atomic mass is 9.99. The highest BCUT2D eigenvalue weighted by molar-refractivity contribution is 9.10. The molecule has 0 aromatic heterocycles. The van der Waals surface area contributed by atoms with Gasteiger partial charge in [-0.05, 0) is 42.3 Å². The summed E-state index contributed by atoms with van der Waals surface area (Å²) in [5.41, 5.74) is 2.79. The number of carbonyl (C=O) groups is 1. The number of carbonyl (C=O) groups excluding carboxylic acids is 1. The van der Waals surface area contributed by atoms with Crippen molar-refractivity contribution in [3.05, 3.63) is 70.5 Å². The molecule has 25 heavy (non-hydrogen) atoms. The summed E-state index contributed by atoms with van der Waals surface area (Å²) >= 11 is 3.22. The second-order valence-electron chi connectivity index (χ2n) is 6.29. The first-order valence-electron chi connectivity index (χ1n) is 8.39. The molecule has 2 aromatic carbocycles. The van der Waals surface area contributed by atoms with E-state index >= 15 is 0 Å². The van der Waals surface area contributed by atoms with Crippen LogP contribution in [0.15, 0.2) is 59.1 Å². The average molecular weight is 404 g/mol. The first kappa shape index (κ1) is 17.8. The molecule has 0 spiro atoms. The Morgan fingerprint density at radius 3 is 2.64 bits per heavy atom. The maximum atomic E-state index is 13.9. The van der Waals surface area contributed by atoms with E-state index in [0.29, 0.717) is 4.47 Å². The van der Waals surface area contributed by atoms with Crippen LogP contribution in [0.4, 0.5) is 10.1 Å². The Hall–Kier alpha value is -1.98. The Kier molecular flexibility index (Phi) is 5.66. The van der Waals surface area contributed by atoms with Crippen molar-refractivity contribution >= 4 is 33.1 Å². The second-order valence-corrected chi connectivity index (χ2v) is 7.21. The van der Waals surface area contributed by atoms with Crippen LogP contribution in [0.3, 0.4) is 0 Å². The predicted molar refractivity (Wildman–Crippen MR) is 102 cm³/mol. The Labute approximate surface area is 155 Å². The number of benzene rings is 2. The number of anilines is 1. The van der Waals surface area contributed by atoms with E-state index in [1.165, 1.54) is 22.1 Å². The number of hydrogen-bond acceptors (Lipinski definition) is 1. The Morgan fingerprint density at radius 2 is 2.00 bits per heavy atom. The van der Waals surface area contributed by atoms with Crippen molar-refractivity contribution in [1.29, 1.82) is 0 Å². The normalized spacial score (nSPS) is 18.4. The molecule has 1 amide bonds. The van der Waals surface area contributed by atoms with Crippen molar-refractivity contribution in [1.82, 2.24) is 0 Å². The number of nitrogens with one attached hydrogen (secondary N) is 2. The minimum Gasteiger partial charge on any atom is -0.321 e. The van der Waals surface area contributed by atoms with E-state index in [-0.39, 0.29) is 17.6 Å². The smallest absolute Gasteiger partial charge is 0.282 e. The van der Waals surface area contributed by atoms with E-state index in [0.717, 1.165) is 19.5 Å². The van der Waals surface area contributed by atoms with Gasteiger partial charge < -0.3 is 10.2 Å². The number of halogens is 2. The third-order valence-corrected chi connectivity index (χ3v) is 5.16. The van der Waals surface area contributed by atoms with Gasteiger partial charge in [-0.2, -0.15) is 0 Å². The lowest BCUT2D eigenvalue weighted by molar-refractivity contribution is -0.909. The van der Waals surface area contributed by atoms with Gasteiger partial charge in [0.25, 0.3) is 5.91 Å². The molecule has 5 heteroatoms. The van der Waals surface area contributed by atoms with E-state index < -0.39 is 5.82 Å². The molecule has 3 nitrogen and oxygen atoms in total. The Balaban J connectivity index is 1.63. The summed E-state index contributed by atoms with van der Waals surface area (Å²) in [5, 5.41) is 2.70. The van der Waals surface area contributed by atoms with Crippen LogP contribution in [0, 0.1) is 5.82 Å². The van der Waals surface area contributed by atoms with Gasteiger partial charge in [0, 0.05) is 10.9 Å². The predicted octanol–water partition coefficient (Wildman–Crippen LogP) is 3.29. The van der Waals surface area contributed by atoms with Gasteiger partial charge in [0.15, 0.2) is 6.04 Å². The van der Waals surface area contributed by atoms with Crippen LogP contribution in [0.5, 0.6) is 0 Å². The third kappa shape index (κ3) is 4.35. The molecule has 3 rings (SSSR count). The molecule has 2 atom stereocenters. The van der Waals surface area contributed by atoms with Crippen LogP contribution < -0.4 is 10.2 Å². The van der Waals surface area contributed by atoms with Gasteiger partial charge in [-0.25, -0.2) is 4.39 Å². The van der Waals surface area contributed by atoms with Gasteiger partial charge >= 0.3 is 0 Å². The highest BCUT2D eigenvalue weighted by Gasteiger charge is 2.27. The van der Waals surface area contributed by atoms with Crippen molar-refractivity contribution in [2.45, 2.75) is 19.4 Å². The van der Waals surface area contributed by atoms with E-state index in [2.05, 4.69) is 39.5 Å². The molecular formula is C20H21BrFN2O+. The molecule has 0 saturated heterocycles. The standard InChI is InChI=1S/C20H20BrFN2O/c1-14(20(25)23-19-8-7-17(21)13-18(19)22)24-11-9-16(10-12-24)15-5-3-2-4-6-15/h2-9,13-14H,10-12H2,1H3,(H,23,25)/p+1/t14-/m0/s1. The van der Waals surface area contributed by atoms with Gasteiger partial charge in [0.2, 0.25) is 0 Å². The molecule has 0 radical (unpaired) electrons. The van der Waals surface area contributed by atoms with E-state index in [1.54, 1.807) is 12.1 Å². The third-order valence-electron chi connectivity index (χ3n) is 4.67. The largest absolute Gasteiger partial charge is 0.321 e. The maximum absolute atomic E-state index is 13.9. The van der Waals surface area contributed by atoms with Crippen LogP contribution in [0.2, 0.25) is 0 Å². The molecule has 2 aromatic rings. The number of quaternary nitrogens is 1. The van der Waals surface area contributed by atoms with Crippen molar-refractivity contribution < 1.29 is 14.1 Å². The van der Waals surface area contributed by atoms with E-state index in [9.17, 15) is 9.18 Å². The van der Waals surface area contributed by atoms with Crippen LogP contribution in [-0.2, 0) is 4.79 Å². The number of hydrogen-bond donors (Lipinski definition) is 2. The topological polar surface area (TPSA) is 33.5 Å². The zero-order valence-corrected chi connectivity index (χ0v) is 15.6. The van der Waals surface area contributed by atoms with Crippen molar-refractivity contribution in [3.63, 3.8) is 0 Å². The first-order valence-corrected chi connectivity index (χ1v) is 9.19. The summed E-state index contributed by atoms with van der Waals surface area (Å²) in [5.74, 6) is -0.595. The minimum absolute atomic E-state index is 0.159. The molecule has 1 aliphatic heterocycles. The fourth-order valence-electron chi connectivity index (χ4n) is 3.08. The number of rotatable bonds is 4. The van der Waals surface area contributed by atoms with Crippen LogP contribution in [-0.4, -0.2) is 25.0 Å². The fraction of sp³-hybridized carbons (Fsp3) is 0.250. The highest BCUT2D eigenvalue weighted by Crippen LogP contribution is 2.20. The SMILES string of the molecule is C[C@@H](C(=O)Nc1ccc(Br)cc1F)[NH+]1CC=C(c2ccccc2)CC1. The summed E-state index contributed by atoms with van der Waals surface area (Å²) in [6.07, 6.45) is 3.14. The van der Waals surface area contributed by atoms with Gasteiger partial charge in [-0.3, -0.25) is 4.79 Å². The minimum atomic E-state index is -0.435. The zero-order chi connectivity index (χ0) is 17.8. The summed E-state index contributed by atoms with van der Waals surface area (Å²) in [4.78, 5) is 13.7. The quantitative estimate of drug-likeness (QED) is 0.806. The van der Waals surface area contributed by atoms with Gasteiger partial charge in [0.05, 0.1) is 18.8 Å². The van der Waals surface area contributed by atoms with Crippen molar-refractivity contribution in [2.75, 3.05) is 18.4 Å². The van der Waals surface area contributed by atoms with Crippen molar-refractivity contribution in [2.24, 2.45) is 0 Å². The van der Waals surface area contributed by atoms with Gasteiger partial charge in [-0.15, -0.1) is 0 Å². The van der Waals surface area contributed by atoms with Gasteiger partial charge in [0.1, 0.15) is 5.82 Å². The lowest BCUT2D eigenvalue weighted by Crippen LogP contribution is -3.17. The molecule has 0 fully saturated rings. The fourth-order valence-corrected chi connectivity index (χ4v) is 3.41. The highest BCUT2D eigenvalue weighted by atomic mass is 79.9. The number of amides is 1. The average Bonchev–Trinajstić information content (AvgIpc) is 2.64. The molecule has 1 heterocycles. The Bertz CT molecular complexity index is 792. The van der Waals surface area contributed by atoms with Crippen LogP contribution in [0.25, 0.3) is 5.57 Å². The molecule has 2 N–H and O–H groups in total. The van der Waals surface area contributed by atoms with E-state index in [4.69, 9.17) is 0 Å². The van der Waals surface area contributed by atoms with Crippen LogP contribution >= 0.6 is 15.9 Å². The molecule has 1 aliphatic rings. The molecule has 0 saturated carbocycles. The molecule has 130 valence electrons. The zero-order valence-electron chi connectivity index (χ0n) is 14.1. The summed E-state index contributed by atoms with van der Waals surface area (Å²) in [6, 6.07) is 14.7. The van der Waals surface area contributed by atoms with Gasteiger partial charge in [-0.1, -0.05) is 46.3 Å². The molecule has 0 aliphatic carbocycles. The van der Waals surface area contributed by atoms with Crippen molar-refractivity contribution in [3.8, 4) is 0 Å². The molecular weight excluding hydrogens is 383 g/mol. The lowest BCUT2D eigenvalue weighted by Gasteiger charge is -2.28. The van der Waals surface area contributed by atoms with Crippen LogP contribution in [0.1, 0.15) is 18.9 Å². The Morgan fingerprint density at radius 1 is 1.24 bits per heavy atom. The molecule has 1 unspecified atom stereocenters. The summed E-state index contributed by atoms with van der Waals surface area (Å²) in [7, 11) is 0. The first-order chi connectivity index (χ1) is 12.0. The monoisotopic (exact) mass is 403 g/mol.